The molecular weight excluding hydrogens is 306 g/mol. The van der Waals surface area contributed by atoms with Crippen molar-refractivity contribution in [2.45, 2.75) is 18.9 Å². The number of thioether (sulfide) groups is 1. The van der Waals surface area contributed by atoms with Crippen LogP contribution in [0.1, 0.15) is 12.0 Å². The molecule has 1 atom stereocenters. The van der Waals surface area contributed by atoms with Gasteiger partial charge in [-0.2, -0.15) is 11.8 Å². The summed E-state index contributed by atoms with van der Waals surface area (Å²) in [5, 5.41) is 11.9. The summed E-state index contributed by atoms with van der Waals surface area (Å²) < 4.78 is 10.6. The van der Waals surface area contributed by atoms with E-state index in [1.807, 2.05) is 13.0 Å². The summed E-state index contributed by atoms with van der Waals surface area (Å²) in [6, 6.07) is 5.38. The highest BCUT2D eigenvalue weighted by Crippen LogP contribution is 2.29. The van der Waals surface area contributed by atoms with Gasteiger partial charge in [-0.3, -0.25) is 4.79 Å². The zero-order chi connectivity index (χ0) is 16.2. The maximum Gasteiger partial charge on any atom is 0.330 e. The Balaban J connectivity index is 1.97. The molecule has 1 aromatic rings. The van der Waals surface area contributed by atoms with E-state index < -0.39 is 17.4 Å². The molecule has 0 bridgehead atoms. The van der Waals surface area contributed by atoms with Gasteiger partial charge in [0, 0.05) is 5.75 Å². The summed E-state index contributed by atoms with van der Waals surface area (Å²) >= 11 is 1.52. The molecule has 1 amide bonds. The number of amides is 1. The van der Waals surface area contributed by atoms with Crippen molar-refractivity contribution in [2.24, 2.45) is 0 Å². The molecule has 6 nitrogen and oxygen atoms in total. The lowest BCUT2D eigenvalue weighted by molar-refractivity contribution is -0.146. The van der Waals surface area contributed by atoms with Crippen molar-refractivity contribution in [3.05, 3.63) is 23.8 Å². The van der Waals surface area contributed by atoms with Crippen LogP contribution in [0.5, 0.6) is 11.5 Å². The van der Waals surface area contributed by atoms with Gasteiger partial charge in [0.1, 0.15) is 5.54 Å². The molecule has 2 rings (SSSR count). The molecule has 0 radical (unpaired) electrons. The van der Waals surface area contributed by atoms with Crippen LogP contribution in [0.15, 0.2) is 18.2 Å². The van der Waals surface area contributed by atoms with Crippen molar-refractivity contribution in [1.82, 2.24) is 5.32 Å². The third kappa shape index (κ3) is 3.65. The number of methoxy groups -OCH3 is 1. The predicted octanol–water partition coefficient (Wildman–Crippen LogP) is 1.46. The van der Waals surface area contributed by atoms with Gasteiger partial charge in [-0.1, -0.05) is 6.07 Å². The largest absolute Gasteiger partial charge is 0.493 e. The Morgan fingerprint density at radius 1 is 1.41 bits per heavy atom. The van der Waals surface area contributed by atoms with Crippen LogP contribution in [0.2, 0.25) is 0 Å². The number of carbonyl (C=O) groups excluding carboxylic acids is 1. The second kappa shape index (κ2) is 6.91. The van der Waals surface area contributed by atoms with Gasteiger partial charge in [-0.15, -0.1) is 0 Å². The molecular formula is C15H19NO5S. The average molecular weight is 325 g/mol. The quantitative estimate of drug-likeness (QED) is 0.824. The molecule has 22 heavy (non-hydrogen) atoms. The Morgan fingerprint density at radius 3 is 2.77 bits per heavy atom. The summed E-state index contributed by atoms with van der Waals surface area (Å²) in [4.78, 5) is 23.4. The van der Waals surface area contributed by atoms with E-state index in [1.165, 1.54) is 18.9 Å². The van der Waals surface area contributed by atoms with Crippen LogP contribution in [-0.4, -0.2) is 47.7 Å². The highest BCUT2D eigenvalue weighted by Gasteiger charge is 2.43. The minimum absolute atomic E-state index is 0.251. The van der Waals surface area contributed by atoms with E-state index in [9.17, 15) is 14.7 Å². The first-order valence-corrected chi connectivity index (χ1v) is 8.02. The zero-order valence-corrected chi connectivity index (χ0v) is 13.4. The molecule has 1 fully saturated rings. The summed E-state index contributed by atoms with van der Waals surface area (Å²) in [7, 11) is 1.52. The monoisotopic (exact) mass is 325 g/mol. The molecule has 1 aliphatic rings. The van der Waals surface area contributed by atoms with Crippen LogP contribution in [0, 0.1) is 6.92 Å². The molecule has 1 heterocycles. The number of carbonyl (C=O) groups is 2. The first-order chi connectivity index (χ1) is 10.5. The molecule has 1 saturated heterocycles. The average Bonchev–Trinajstić information content (AvgIpc) is 2.95. The number of aryl methyl sites for hydroxylation is 1. The molecule has 7 heteroatoms. The second-order valence-corrected chi connectivity index (χ2v) is 6.29. The van der Waals surface area contributed by atoms with Gasteiger partial charge >= 0.3 is 5.97 Å². The van der Waals surface area contributed by atoms with E-state index in [0.29, 0.717) is 23.7 Å². The van der Waals surface area contributed by atoms with Crippen molar-refractivity contribution in [3.8, 4) is 11.5 Å². The fourth-order valence-electron chi connectivity index (χ4n) is 2.23. The Kier molecular flexibility index (Phi) is 5.18. The number of carboxylic acid groups (broad SMARTS) is 1. The Bertz CT molecular complexity index is 569. The highest BCUT2D eigenvalue weighted by atomic mass is 32.2. The fourth-order valence-corrected chi connectivity index (χ4v) is 3.55. The number of hydrogen-bond acceptors (Lipinski definition) is 5. The number of rotatable bonds is 6. The lowest BCUT2D eigenvalue weighted by atomic mass is 9.99. The van der Waals surface area contributed by atoms with Gasteiger partial charge in [0.2, 0.25) is 0 Å². The van der Waals surface area contributed by atoms with Crippen molar-refractivity contribution in [1.29, 1.82) is 0 Å². The highest BCUT2D eigenvalue weighted by molar-refractivity contribution is 7.99. The fraction of sp³-hybridized carbons (Fsp3) is 0.467. The van der Waals surface area contributed by atoms with Gasteiger partial charge in [0.15, 0.2) is 18.1 Å². The van der Waals surface area contributed by atoms with Crippen LogP contribution in [0.4, 0.5) is 0 Å². The summed E-state index contributed by atoms with van der Waals surface area (Å²) in [6.45, 7) is 1.67. The maximum absolute atomic E-state index is 12.0. The second-order valence-electron chi connectivity index (χ2n) is 5.18. The van der Waals surface area contributed by atoms with Crippen LogP contribution in [-0.2, 0) is 9.59 Å². The zero-order valence-electron chi connectivity index (χ0n) is 12.5. The van der Waals surface area contributed by atoms with E-state index >= 15 is 0 Å². The van der Waals surface area contributed by atoms with Gasteiger partial charge in [0.25, 0.3) is 5.91 Å². The number of benzene rings is 1. The standard InChI is InChI=1S/C15H19NO5S/c1-10-3-4-11(12(7-10)20-2)21-8-13(17)16-15(14(18)19)5-6-22-9-15/h3-4,7H,5-6,8-9H2,1-2H3,(H,16,17)(H,18,19)/t15-/m1/s1. The topological polar surface area (TPSA) is 84.9 Å². The first-order valence-electron chi connectivity index (χ1n) is 6.86. The molecule has 0 aromatic heterocycles. The minimum atomic E-state index is -1.18. The SMILES string of the molecule is COc1cc(C)ccc1OCC(=O)N[C@]1(C(=O)O)CCSC1. The van der Waals surface area contributed by atoms with E-state index in [0.717, 1.165) is 11.3 Å². The molecule has 0 saturated carbocycles. The Labute approximate surface area is 133 Å². The van der Waals surface area contributed by atoms with Crippen LogP contribution in [0.3, 0.4) is 0 Å². The lowest BCUT2D eigenvalue weighted by Gasteiger charge is -2.24. The minimum Gasteiger partial charge on any atom is -0.493 e. The number of ether oxygens (including phenoxy) is 2. The van der Waals surface area contributed by atoms with Crippen LogP contribution in [0.25, 0.3) is 0 Å². The molecule has 0 spiro atoms. The number of carboxylic acids is 1. The van der Waals surface area contributed by atoms with Gasteiger partial charge in [-0.25, -0.2) is 4.79 Å². The van der Waals surface area contributed by atoms with E-state index in [-0.39, 0.29) is 6.61 Å². The van der Waals surface area contributed by atoms with Crippen molar-refractivity contribution < 1.29 is 24.2 Å². The third-order valence-corrected chi connectivity index (χ3v) is 4.68. The Hall–Kier alpha value is -1.89. The summed E-state index contributed by atoms with van der Waals surface area (Å²) in [6.07, 6.45) is 0.423. The third-order valence-electron chi connectivity index (χ3n) is 3.49. The van der Waals surface area contributed by atoms with Crippen molar-refractivity contribution in [3.63, 3.8) is 0 Å². The number of hydrogen-bond donors (Lipinski definition) is 2. The van der Waals surface area contributed by atoms with E-state index in [1.54, 1.807) is 12.1 Å². The summed E-state index contributed by atoms with van der Waals surface area (Å²) in [5.74, 6) is 0.637. The van der Waals surface area contributed by atoms with Gasteiger partial charge < -0.3 is 19.9 Å². The Morgan fingerprint density at radius 2 is 2.18 bits per heavy atom. The molecule has 0 unspecified atom stereocenters. The van der Waals surface area contributed by atoms with Crippen molar-refractivity contribution >= 4 is 23.6 Å². The molecule has 120 valence electrons. The normalized spacial score (nSPS) is 20.5. The van der Waals surface area contributed by atoms with Crippen molar-refractivity contribution in [2.75, 3.05) is 25.2 Å². The van der Waals surface area contributed by atoms with Gasteiger partial charge in [-0.05, 0) is 36.8 Å². The summed E-state index contributed by atoms with van der Waals surface area (Å²) in [5.41, 5.74) is -0.163. The van der Waals surface area contributed by atoms with E-state index in [4.69, 9.17) is 9.47 Å². The van der Waals surface area contributed by atoms with E-state index in [2.05, 4.69) is 5.32 Å². The predicted molar refractivity (Wildman–Crippen MR) is 83.7 cm³/mol. The first kappa shape index (κ1) is 16.5. The lowest BCUT2D eigenvalue weighted by Crippen LogP contribution is -2.55. The number of nitrogens with one attached hydrogen (secondary N) is 1. The molecule has 1 aromatic carbocycles. The molecule has 2 N–H and O–H groups in total. The van der Waals surface area contributed by atoms with Crippen LogP contribution >= 0.6 is 11.8 Å². The van der Waals surface area contributed by atoms with Gasteiger partial charge in [0.05, 0.1) is 7.11 Å². The smallest absolute Gasteiger partial charge is 0.330 e. The molecule has 1 aliphatic heterocycles. The molecule has 0 aliphatic carbocycles. The maximum atomic E-state index is 12.0. The number of aliphatic carboxylic acids is 1. The van der Waals surface area contributed by atoms with Crippen LogP contribution < -0.4 is 14.8 Å².